The maximum atomic E-state index is 12.9. The largest absolute Gasteiger partial charge is 0.487 e. The lowest BCUT2D eigenvalue weighted by atomic mass is 10.1. The molecule has 0 bridgehead atoms. The van der Waals surface area contributed by atoms with Crippen LogP contribution in [-0.4, -0.2) is 46.9 Å². The Morgan fingerprint density at radius 1 is 0.907 bits per heavy atom. The van der Waals surface area contributed by atoms with Gasteiger partial charge in [0.25, 0.3) is 0 Å². The molecule has 1 amide bonds. The average molecular weight is 573 g/mol. The summed E-state index contributed by atoms with van der Waals surface area (Å²) in [5.41, 5.74) is 7.03. The zero-order valence-electron chi connectivity index (χ0n) is 24.9. The third kappa shape index (κ3) is 8.09. The number of hydrogen-bond acceptors (Lipinski definition) is 6. The predicted octanol–water partition coefficient (Wildman–Crippen LogP) is 6.61. The number of benzene rings is 3. The Morgan fingerprint density at radius 2 is 1.58 bits per heavy atom. The standard InChI is InChI=1S/C36H36N4O3/c1-26-4-6-30(7-5-26)24-39-16-18-40(19-17-39)35(41)15-12-32-20-27(2)36(28(3)21-32)43-34-14-13-33(23-38-34)42-25-31-10-8-29(22-37)9-11-31/h4-15,20-21,23H,16-19,24-25H2,1-3H3/b15-12+. The van der Waals surface area contributed by atoms with E-state index in [9.17, 15) is 4.79 Å². The van der Waals surface area contributed by atoms with Crippen molar-refractivity contribution in [1.82, 2.24) is 14.8 Å². The van der Waals surface area contributed by atoms with E-state index in [0.717, 1.165) is 60.7 Å². The first kappa shape index (κ1) is 29.6. The van der Waals surface area contributed by atoms with Crippen LogP contribution in [0.5, 0.6) is 17.4 Å². The Balaban J connectivity index is 1.12. The van der Waals surface area contributed by atoms with Crippen molar-refractivity contribution in [3.8, 4) is 23.4 Å². The molecule has 0 saturated carbocycles. The van der Waals surface area contributed by atoms with Crippen molar-refractivity contribution >= 4 is 12.0 Å². The fourth-order valence-corrected chi connectivity index (χ4v) is 5.05. The molecule has 5 rings (SSSR count). The normalized spacial score (nSPS) is 13.6. The molecule has 1 aromatic heterocycles. The molecular formula is C36H36N4O3. The minimum Gasteiger partial charge on any atom is -0.487 e. The molecule has 2 heterocycles. The minimum absolute atomic E-state index is 0.0382. The molecule has 7 heteroatoms. The van der Waals surface area contributed by atoms with Crippen LogP contribution >= 0.6 is 0 Å². The molecule has 0 atom stereocenters. The third-order valence-electron chi connectivity index (χ3n) is 7.52. The Kier molecular flexibility index (Phi) is 9.50. The lowest BCUT2D eigenvalue weighted by Crippen LogP contribution is -2.47. The first-order valence-corrected chi connectivity index (χ1v) is 14.5. The van der Waals surface area contributed by atoms with Gasteiger partial charge < -0.3 is 14.4 Å². The summed E-state index contributed by atoms with van der Waals surface area (Å²) in [5, 5.41) is 8.93. The van der Waals surface area contributed by atoms with E-state index in [2.05, 4.69) is 47.1 Å². The summed E-state index contributed by atoms with van der Waals surface area (Å²) in [6, 6.07) is 25.7. The molecule has 7 nitrogen and oxygen atoms in total. The second-order valence-corrected chi connectivity index (χ2v) is 10.9. The molecule has 0 N–H and O–H groups in total. The van der Waals surface area contributed by atoms with Crippen molar-refractivity contribution in [3.05, 3.63) is 124 Å². The molecule has 1 aliphatic heterocycles. The van der Waals surface area contributed by atoms with Crippen LogP contribution in [0.1, 0.15) is 38.9 Å². The summed E-state index contributed by atoms with van der Waals surface area (Å²) in [7, 11) is 0. The van der Waals surface area contributed by atoms with Crippen LogP contribution in [0.15, 0.2) is 85.1 Å². The molecule has 4 aromatic rings. The van der Waals surface area contributed by atoms with E-state index < -0.39 is 0 Å². The van der Waals surface area contributed by atoms with Gasteiger partial charge in [-0.15, -0.1) is 0 Å². The maximum absolute atomic E-state index is 12.9. The smallest absolute Gasteiger partial charge is 0.246 e. The van der Waals surface area contributed by atoms with Crippen LogP contribution in [-0.2, 0) is 17.9 Å². The molecule has 0 spiro atoms. The van der Waals surface area contributed by atoms with Crippen LogP contribution in [0.2, 0.25) is 0 Å². The Labute approximate surface area is 253 Å². The Bertz CT molecular complexity index is 1590. The number of carbonyl (C=O) groups is 1. The number of nitriles is 1. The van der Waals surface area contributed by atoms with Gasteiger partial charge in [0, 0.05) is 44.9 Å². The lowest BCUT2D eigenvalue weighted by Gasteiger charge is -2.34. The number of aryl methyl sites for hydroxylation is 3. The van der Waals surface area contributed by atoms with Crippen LogP contribution in [0, 0.1) is 32.1 Å². The van der Waals surface area contributed by atoms with Crippen molar-refractivity contribution in [3.63, 3.8) is 0 Å². The zero-order valence-corrected chi connectivity index (χ0v) is 24.9. The van der Waals surface area contributed by atoms with Gasteiger partial charge in [0.05, 0.1) is 17.8 Å². The summed E-state index contributed by atoms with van der Waals surface area (Å²) in [5.74, 6) is 1.88. The second-order valence-electron chi connectivity index (χ2n) is 10.9. The molecule has 0 radical (unpaired) electrons. The van der Waals surface area contributed by atoms with E-state index in [4.69, 9.17) is 14.7 Å². The van der Waals surface area contributed by atoms with Gasteiger partial charge in [0.2, 0.25) is 11.8 Å². The number of ether oxygens (including phenoxy) is 2. The van der Waals surface area contributed by atoms with E-state index in [-0.39, 0.29) is 5.91 Å². The third-order valence-corrected chi connectivity index (χ3v) is 7.52. The highest BCUT2D eigenvalue weighted by Crippen LogP contribution is 2.30. The second kappa shape index (κ2) is 13.8. The molecule has 3 aromatic carbocycles. The maximum Gasteiger partial charge on any atom is 0.246 e. The fourth-order valence-electron chi connectivity index (χ4n) is 5.05. The Morgan fingerprint density at radius 3 is 2.21 bits per heavy atom. The highest BCUT2D eigenvalue weighted by atomic mass is 16.5. The highest BCUT2D eigenvalue weighted by Gasteiger charge is 2.19. The van der Waals surface area contributed by atoms with E-state index >= 15 is 0 Å². The van der Waals surface area contributed by atoms with Gasteiger partial charge in [-0.1, -0.05) is 42.0 Å². The van der Waals surface area contributed by atoms with Crippen LogP contribution in [0.3, 0.4) is 0 Å². The number of nitrogens with zero attached hydrogens (tertiary/aromatic N) is 4. The average Bonchev–Trinajstić information content (AvgIpc) is 3.03. The van der Waals surface area contributed by atoms with E-state index in [1.807, 2.05) is 55.2 Å². The highest BCUT2D eigenvalue weighted by molar-refractivity contribution is 5.92. The quantitative estimate of drug-likeness (QED) is 0.210. The zero-order chi connectivity index (χ0) is 30.2. The van der Waals surface area contributed by atoms with Crippen molar-refractivity contribution in [1.29, 1.82) is 5.26 Å². The number of hydrogen-bond donors (Lipinski definition) is 0. The number of aromatic nitrogens is 1. The first-order valence-electron chi connectivity index (χ1n) is 14.5. The molecule has 0 aliphatic carbocycles. The fraction of sp³-hybridized carbons (Fsp3) is 0.250. The van der Waals surface area contributed by atoms with Crippen LogP contribution < -0.4 is 9.47 Å². The summed E-state index contributed by atoms with van der Waals surface area (Å²) in [4.78, 5) is 21.6. The molecule has 43 heavy (non-hydrogen) atoms. The van der Waals surface area contributed by atoms with Crippen molar-refractivity contribution in [2.75, 3.05) is 26.2 Å². The molecule has 1 saturated heterocycles. The summed E-state index contributed by atoms with van der Waals surface area (Å²) in [6.45, 7) is 10.6. The van der Waals surface area contributed by atoms with Gasteiger partial charge in [0.1, 0.15) is 18.1 Å². The number of amides is 1. The SMILES string of the molecule is Cc1ccc(CN2CCN(C(=O)/C=C/c3cc(C)c(Oc4ccc(OCc5ccc(C#N)cc5)cn4)c(C)c3)CC2)cc1. The van der Waals surface area contributed by atoms with Gasteiger partial charge >= 0.3 is 0 Å². The molecule has 1 aliphatic rings. The summed E-state index contributed by atoms with van der Waals surface area (Å²) >= 11 is 0. The van der Waals surface area contributed by atoms with E-state index in [1.165, 1.54) is 11.1 Å². The van der Waals surface area contributed by atoms with E-state index in [0.29, 0.717) is 23.8 Å². The van der Waals surface area contributed by atoms with Gasteiger partial charge in [-0.2, -0.15) is 5.26 Å². The molecular weight excluding hydrogens is 536 g/mol. The van der Waals surface area contributed by atoms with Crippen molar-refractivity contribution in [2.24, 2.45) is 0 Å². The van der Waals surface area contributed by atoms with Gasteiger partial charge in [-0.05, 0) is 85.0 Å². The molecule has 1 fully saturated rings. The summed E-state index contributed by atoms with van der Waals surface area (Å²) < 4.78 is 11.9. The van der Waals surface area contributed by atoms with Gasteiger partial charge in [-0.3, -0.25) is 9.69 Å². The lowest BCUT2D eigenvalue weighted by molar-refractivity contribution is -0.127. The van der Waals surface area contributed by atoms with Gasteiger partial charge in [0.15, 0.2) is 0 Å². The van der Waals surface area contributed by atoms with Gasteiger partial charge in [-0.25, -0.2) is 4.98 Å². The summed E-state index contributed by atoms with van der Waals surface area (Å²) in [6.07, 6.45) is 5.18. The topological polar surface area (TPSA) is 78.7 Å². The Hall–Kier alpha value is -4.93. The number of carbonyl (C=O) groups excluding carboxylic acids is 1. The van der Waals surface area contributed by atoms with Crippen molar-refractivity contribution < 1.29 is 14.3 Å². The van der Waals surface area contributed by atoms with E-state index in [1.54, 1.807) is 30.5 Å². The predicted molar refractivity (Wildman–Crippen MR) is 168 cm³/mol. The van der Waals surface area contributed by atoms with Crippen LogP contribution in [0.4, 0.5) is 0 Å². The molecule has 218 valence electrons. The monoisotopic (exact) mass is 572 g/mol. The number of pyridine rings is 1. The first-order chi connectivity index (χ1) is 20.9. The minimum atomic E-state index is 0.0382. The van der Waals surface area contributed by atoms with Crippen LogP contribution in [0.25, 0.3) is 6.08 Å². The number of rotatable bonds is 9. The van der Waals surface area contributed by atoms with Crippen molar-refractivity contribution in [2.45, 2.75) is 33.9 Å². The molecule has 0 unspecified atom stereocenters. The number of piperazine rings is 1.